The Hall–Kier alpha value is -4.60. The summed E-state index contributed by atoms with van der Waals surface area (Å²) in [5.41, 5.74) is 9.38. The molecule has 6 aromatic carbocycles. The van der Waals surface area contributed by atoms with Crippen LogP contribution in [0.1, 0.15) is 0 Å². The van der Waals surface area contributed by atoms with Crippen LogP contribution in [-0.2, 0) is 0 Å². The van der Waals surface area contributed by atoms with Gasteiger partial charge in [0.1, 0.15) is 11.5 Å². The molecule has 39 heavy (non-hydrogen) atoms. The van der Waals surface area contributed by atoms with Gasteiger partial charge in [-0.15, -0.1) is 0 Å². The lowest BCUT2D eigenvalue weighted by molar-refractivity contribution is 0.488. The van der Waals surface area contributed by atoms with E-state index in [1.807, 2.05) is 0 Å². The SMILES string of the molecule is c1ccc([Si]23c4ccccc4-c4ccccc4-c4cccc(c42)B2c4ccccc4Oc4cccc3c42)cc1. The molecule has 3 heterocycles. The van der Waals surface area contributed by atoms with Crippen LogP contribution in [0.3, 0.4) is 0 Å². The standard InChI is InChI=1S/C36H23BOSi/c1-2-12-24(13-3-1)39-33-22-9-6-16-27(33)25-14-4-5-15-26(25)28-17-10-19-30(36(28)39)37-29-18-7-8-20-31(29)38-32-21-11-23-34(39)35(32)37/h1-23H. The summed E-state index contributed by atoms with van der Waals surface area (Å²) in [5.74, 6) is 1.96. The Morgan fingerprint density at radius 2 is 1.03 bits per heavy atom. The minimum Gasteiger partial charge on any atom is -0.458 e. The summed E-state index contributed by atoms with van der Waals surface area (Å²) < 4.78 is 6.66. The smallest absolute Gasteiger partial charge is 0.250 e. The van der Waals surface area contributed by atoms with Crippen LogP contribution in [0.15, 0.2) is 140 Å². The molecule has 0 saturated carbocycles. The molecule has 0 bridgehead atoms. The van der Waals surface area contributed by atoms with Crippen LogP contribution in [0.5, 0.6) is 11.5 Å². The minimum absolute atomic E-state index is 0.137. The molecule has 3 heteroatoms. The van der Waals surface area contributed by atoms with Crippen LogP contribution in [0, 0.1) is 0 Å². The summed E-state index contributed by atoms with van der Waals surface area (Å²) >= 11 is 0. The van der Waals surface area contributed by atoms with Crippen LogP contribution < -0.4 is 41.9 Å². The number of hydrogen-bond donors (Lipinski definition) is 0. The van der Waals surface area contributed by atoms with Gasteiger partial charge in [0.25, 0.3) is 6.71 Å². The molecule has 6 aromatic rings. The molecular formula is C36H23BOSi. The van der Waals surface area contributed by atoms with E-state index in [1.54, 1.807) is 0 Å². The first-order valence-electron chi connectivity index (χ1n) is 13.7. The van der Waals surface area contributed by atoms with Gasteiger partial charge in [-0.1, -0.05) is 133 Å². The highest BCUT2D eigenvalue weighted by Gasteiger charge is 2.55. The predicted molar refractivity (Wildman–Crippen MR) is 166 cm³/mol. The van der Waals surface area contributed by atoms with E-state index in [9.17, 15) is 0 Å². The van der Waals surface area contributed by atoms with Crippen molar-refractivity contribution in [3.8, 4) is 33.8 Å². The van der Waals surface area contributed by atoms with E-state index in [2.05, 4.69) is 140 Å². The molecule has 1 unspecified atom stereocenters. The molecule has 3 aliphatic rings. The Morgan fingerprint density at radius 3 is 1.90 bits per heavy atom. The third kappa shape index (κ3) is 2.61. The predicted octanol–water partition coefficient (Wildman–Crippen LogP) is 3.65. The van der Waals surface area contributed by atoms with Crippen LogP contribution in [0.4, 0.5) is 0 Å². The van der Waals surface area contributed by atoms with Crippen LogP contribution in [0.25, 0.3) is 22.3 Å². The van der Waals surface area contributed by atoms with E-state index < -0.39 is 8.07 Å². The van der Waals surface area contributed by atoms with Crippen molar-refractivity contribution in [1.82, 2.24) is 0 Å². The van der Waals surface area contributed by atoms with Crippen molar-refractivity contribution < 1.29 is 4.74 Å². The zero-order valence-corrected chi connectivity index (χ0v) is 22.3. The Bertz CT molecular complexity index is 1960. The fourth-order valence-corrected chi connectivity index (χ4v) is 13.4. The average molecular weight is 510 g/mol. The Labute approximate surface area is 229 Å². The zero-order chi connectivity index (χ0) is 25.6. The average Bonchev–Trinajstić information content (AvgIpc) is 3.12. The second-order valence-electron chi connectivity index (χ2n) is 10.8. The molecule has 0 spiro atoms. The van der Waals surface area contributed by atoms with E-state index >= 15 is 0 Å². The fraction of sp³-hybridized carbons (Fsp3) is 0. The van der Waals surface area contributed by atoms with Gasteiger partial charge < -0.3 is 4.74 Å². The van der Waals surface area contributed by atoms with E-state index in [-0.39, 0.29) is 6.71 Å². The molecule has 0 N–H and O–H groups in total. The normalized spacial score (nSPS) is 17.0. The molecule has 1 nitrogen and oxygen atoms in total. The molecule has 0 fully saturated rings. The highest BCUT2D eigenvalue weighted by molar-refractivity contribution is 7.27. The second-order valence-corrected chi connectivity index (χ2v) is 14.4. The van der Waals surface area contributed by atoms with Crippen molar-refractivity contribution >= 4 is 51.9 Å². The maximum absolute atomic E-state index is 6.66. The lowest BCUT2D eigenvalue weighted by atomic mass is 9.35. The summed E-state index contributed by atoms with van der Waals surface area (Å²) in [4.78, 5) is 0. The highest BCUT2D eigenvalue weighted by Crippen LogP contribution is 2.37. The van der Waals surface area contributed by atoms with Gasteiger partial charge in [0.15, 0.2) is 8.07 Å². The molecule has 180 valence electrons. The van der Waals surface area contributed by atoms with Crippen LogP contribution in [0.2, 0.25) is 0 Å². The van der Waals surface area contributed by atoms with Crippen molar-refractivity contribution in [3.05, 3.63) is 140 Å². The van der Waals surface area contributed by atoms with Crippen molar-refractivity contribution in [2.45, 2.75) is 0 Å². The number of fused-ring (bicyclic) bond motifs is 9. The third-order valence-electron chi connectivity index (χ3n) is 9.04. The van der Waals surface area contributed by atoms with E-state index in [4.69, 9.17) is 4.74 Å². The van der Waals surface area contributed by atoms with Gasteiger partial charge in [-0.25, -0.2) is 0 Å². The Balaban J connectivity index is 1.57. The first-order chi connectivity index (χ1) is 19.4. The highest BCUT2D eigenvalue weighted by atomic mass is 28.3. The summed E-state index contributed by atoms with van der Waals surface area (Å²) in [6.07, 6.45) is 0. The Morgan fingerprint density at radius 1 is 0.436 bits per heavy atom. The van der Waals surface area contributed by atoms with E-state index in [1.165, 1.54) is 59.4 Å². The van der Waals surface area contributed by atoms with Gasteiger partial charge in [-0.05, 0) is 66.1 Å². The summed E-state index contributed by atoms with van der Waals surface area (Å²) in [6, 6.07) is 51.9. The van der Waals surface area contributed by atoms with Gasteiger partial charge >= 0.3 is 0 Å². The first-order valence-corrected chi connectivity index (χ1v) is 15.7. The quantitative estimate of drug-likeness (QED) is 0.307. The molecule has 0 radical (unpaired) electrons. The molecule has 3 aliphatic heterocycles. The van der Waals surface area contributed by atoms with Gasteiger partial charge in [0, 0.05) is 0 Å². The third-order valence-corrected chi connectivity index (χ3v) is 14.0. The van der Waals surface area contributed by atoms with Crippen LogP contribution >= 0.6 is 0 Å². The van der Waals surface area contributed by atoms with Crippen molar-refractivity contribution in [3.63, 3.8) is 0 Å². The maximum Gasteiger partial charge on any atom is 0.250 e. The van der Waals surface area contributed by atoms with E-state index in [0.717, 1.165) is 11.5 Å². The number of para-hydroxylation sites is 1. The van der Waals surface area contributed by atoms with Gasteiger partial charge in [-0.3, -0.25) is 0 Å². The van der Waals surface area contributed by atoms with Gasteiger partial charge in [-0.2, -0.15) is 0 Å². The fourth-order valence-electron chi connectivity index (χ4n) is 7.68. The molecule has 0 amide bonds. The summed E-state index contributed by atoms with van der Waals surface area (Å²) in [6.45, 7) is 0.137. The molecule has 1 atom stereocenters. The number of rotatable bonds is 1. The summed E-state index contributed by atoms with van der Waals surface area (Å²) in [7, 11) is -2.76. The van der Waals surface area contributed by atoms with Gasteiger partial charge in [0.05, 0.1) is 0 Å². The van der Waals surface area contributed by atoms with Gasteiger partial charge in [0.2, 0.25) is 0 Å². The Kier molecular flexibility index (Phi) is 4.23. The van der Waals surface area contributed by atoms with Crippen molar-refractivity contribution in [2.75, 3.05) is 0 Å². The minimum atomic E-state index is -2.76. The number of ether oxygens (including phenoxy) is 1. The molecule has 0 saturated heterocycles. The molecular weight excluding hydrogens is 487 g/mol. The first kappa shape index (κ1) is 21.3. The zero-order valence-electron chi connectivity index (χ0n) is 21.3. The van der Waals surface area contributed by atoms with Crippen molar-refractivity contribution in [2.24, 2.45) is 0 Å². The topological polar surface area (TPSA) is 9.23 Å². The maximum atomic E-state index is 6.66. The largest absolute Gasteiger partial charge is 0.458 e. The van der Waals surface area contributed by atoms with E-state index in [0.29, 0.717) is 0 Å². The lowest BCUT2D eigenvalue weighted by Gasteiger charge is -2.45. The molecule has 9 rings (SSSR count). The number of benzene rings is 6. The lowest BCUT2D eigenvalue weighted by Crippen LogP contribution is -2.87. The number of hydrogen-bond acceptors (Lipinski definition) is 1. The monoisotopic (exact) mass is 510 g/mol. The molecule has 0 aliphatic carbocycles. The summed E-state index contributed by atoms with van der Waals surface area (Å²) in [5, 5.41) is 5.86. The van der Waals surface area contributed by atoms with Crippen molar-refractivity contribution in [1.29, 1.82) is 0 Å². The van der Waals surface area contributed by atoms with Crippen LogP contribution in [-0.4, -0.2) is 14.8 Å². The second kappa shape index (κ2) is 7.72. The molecule has 0 aromatic heterocycles.